The summed E-state index contributed by atoms with van der Waals surface area (Å²) in [6, 6.07) is 22.4. The van der Waals surface area contributed by atoms with E-state index in [0.29, 0.717) is 13.0 Å². The number of amides is 3. The maximum Gasteiger partial charge on any atom is 0.315 e. The number of benzene rings is 3. The lowest BCUT2D eigenvalue weighted by Gasteiger charge is -2.19. The Balaban J connectivity index is 1.68. The smallest absolute Gasteiger partial charge is 0.315 e. The van der Waals surface area contributed by atoms with Crippen LogP contribution in [-0.2, 0) is 17.8 Å². The molecule has 3 N–H and O–H groups in total. The number of hydrogen-bond acceptors (Lipinski definition) is 3. The highest BCUT2D eigenvalue weighted by atomic mass is 16.2. The molecule has 0 radical (unpaired) electrons. The van der Waals surface area contributed by atoms with Crippen LogP contribution in [0.25, 0.3) is 10.8 Å². The summed E-state index contributed by atoms with van der Waals surface area (Å²) in [5, 5.41) is 19.0. The van der Waals surface area contributed by atoms with Crippen LogP contribution >= 0.6 is 0 Å². The first-order valence-corrected chi connectivity index (χ1v) is 9.77. The molecule has 6 heteroatoms. The normalized spacial score (nSPS) is 11.3. The average Bonchev–Trinajstić information content (AvgIpc) is 2.75. The Labute approximate surface area is 175 Å². The van der Waals surface area contributed by atoms with Gasteiger partial charge < -0.3 is 16.0 Å². The Hall–Kier alpha value is -3.85. The monoisotopic (exact) mass is 400 g/mol. The van der Waals surface area contributed by atoms with Crippen molar-refractivity contribution in [2.45, 2.75) is 25.9 Å². The Bertz CT molecular complexity index is 1090. The Morgan fingerprint density at radius 2 is 1.73 bits per heavy atom. The summed E-state index contributed by atoms with van der Waals surface area (Å²) in [4.78, 5) is 24.9. The van der Waals surface area contributed by atoms with Gasteiger partial charge in [-0.15, -0.1) is 0 Å². The maximum atomic E-state index is 12.5. The van der Waals surface area contributed by atoms with Gasteiger partial charge in [0.1, 0.15) is 12.6 Å². The van der Waals surface area contributed by atoms with Crippen LogP contribution in [0.1, 0.15) is 16.7 Å². The number of urea groups is 1. The topological polar surface area (TPSA) is 94.0 Å². The number of nitrogens with one attached hydrogen (secondary N) is 3. The summed E-state index contributed by atoms with van der Waals surface area (Å²) < 4.78 is 0. The highest BCUT2D eigenvalue weighted by molar-refractivity contribution is 5.88. The van der Waals surface area contributed by atoms with Gasteiger partial charge in [0.2, 0.25) is 5.91 Å². The summed E-state index contributed by atoms with van der Waals surface area (Å²) in [5.74, 6) is -0.393. The van der Waals surface area contributed by atoms with E-state index in [1.54, 1.807) is 0 Å². The third-order valence-corrected chi connectivity index (χ3v) is 4.75. The van der Waals surface area contributed by atoms with Crippen molar-refractivity contribution in [3.05, 3.63) is 83.4 Å². The summed E-state index contributed by atoms with van der Waals surface area (Å²) in [7, 11) is 0. The number of fused-ring (bicyclic) bond motifs is 1. The van der Waals surface area contributed by atoms with E-state index >= 15 is 0 Å². The minimum Gasteiger partial charge on any atom is -0.341 e. The Morgan fingerprint density at radius 1 is 0.933 bits per heavy atom. The third-order valence-electron chi connectivity index (χ3n) is 4.75. The number of rotatable bonds is 7. The lowest BCUT2D eigenvalue weighted by atomic mass is 10.0. The molecule has 3 aromatic rings. The van der Waals surface area contributed by atoms with Crippen molar-refractivity contribution in [1.82, 2.24) is 16.0 Å². The van der Waals surface area contributed by atoms with E-state index in [4.69, 9.17) is 5.26 Å². The maximum absolute atomic E-state index is 12.5. The average molecular weight is 400 g/mol. The molecule has 152 valence electrons. The minimum atomic E-state index is -0.794. The summed E-state index contributed by atoms with van der Waals surface area (Å²) in [6.45, 7) is 2.23. The lowest BCUT2D eigenvalue weighted by molar-refractivity contribution is -0.122. The second kappa shape index (κ2) is 10.1. The van der Waals surface area contributed by atoms with E-state index in [-0.39, 0.29) is 6.54 Å². The molecule has 0 heterocycles. The molecule has 0 aromatic heterocycles. The highest BCUT2D eigenvalue weighted by Crippen LogP contribution is 2.17. The van der Waals surface area contributed by atoms with Gasteiger partial charge in [0.25, 0.3) is 0 Å². The number of carbonyl (C=O) groups is 2. The Kier molecular flexibility index (Phi) is 7.01. The Morgan fingerprint density at radius 3 is 2.50 bits per heavy atom. The standard InChI is InChI=1S/C24H24N4O2/c1-17-5-4-6-19(13-17)16-27-24(30)28-22(23(29)26-12-11-25)15-18-9-10-20-7-2-3-8-21(20)14-18/h2-10,13-14,22H,12,15-16H2,1H3,(H,26,29)(H2,27,28,30). The molecular weight excluding hydrogens is 376 g/mol. The molecule has 3 rings (SSSR count). The van der Waals surface area contributed by atoms with Gasteiger partial charge in [-0.2, -0.15) is 5.26 Å². The predicted molar refractivity (Wildman–Crippen MR) is 117 cm³/mol. The fraction of sp³-hybridized carbons (Fsp3) is 0.208. The minimum absolute atomic E-state index is 0.111. The largest absolute Gasteiger partial charge is 0.341 e. The molecule has 0 fully saturated rings. The van der Waals surface area contributed by atoms with Gasteiger partial charge in [-0.1, -0.05) is 72.3 Å². The molecule has 1 unspecified atom stereocenters. The van der Waals surface area contributed by atoms with Crippen LogP contribution in [0, 0.1) is 18.3 Å². The first kappa shape index (κ1) is 20.9. The fourth-order valence-corrected chi connectivity index (χ4v) is 3.27. The summed E-state index contributed by atoms with van der Waals surface area (Å²) in [6.07, 6.45) is 0.319. The molecule has 6 nitrogen and oxygen atoms in total. The number of hydrogen-bond donors (Lipinski definition) is 3. The molecule has 0 spiro atoms. The first-order chi connectivity index (χ1) is 14.5. The second-order valence-corrected chi connectivity index (χ2v) is 7.13. The molecule has 0 aliphatic rings. The van der Waals surface area contributed by atoms with Crippen LogP contribution in [0.3, 0.4) is 0 Å². The van der Waals surface area contributed by atoms with Gasteiger partial charge in [-0.3, -0.25) is 4.79 Å². The summed E-state index contributed by atoms with van der Waals surface area (Å²) >= 11 is 0. The SMILES string of the molecule is Cc1cccc(CNC(=O)NC(Cc2ccc3ccccc3c2)C(=O)NCC#N)c1. The zero-order chi connectivity index (χ0) is 21.3. The van der Waals surface area contributed by atoms with Crippen molar-refractivity contribution >= 4 is 22.7 Å². The molecule has 1 atom stereocenters. The van der Waals surface area contributed by atoms with Gasteiger partial charge in [-0.05, 0) is 28.8 Å². The van der Waals surface area contributed by atoms with Crippen molar-refractivity contribution in [3.8, 4) is 6.07 Å². The van der Waals surface area contributed by atoms with Crippen molar-refractivity contribution in [3.63, 3.8) is 0 Å². The van der Waals surface area contributed by atoms with Gasteiger partial charge in [0, 0.05) is 13.0 Å². The van der Waals surface area contributed by atoms with Crippen LogP contribution in [0.5, 0.6) is 0 Å². The quantitative estimate of drug-likeness (QED) is 0.532. The molecule has 3 aromatic carbocycles. The number of nitriles is 1. The molecule has 0 aliphatic carbocycles. The second-order valence-electron chi connectivity index (χ2n) is 7.13. The van der Waals surface area contributed by atoms with E-state index < -0.39 is 18.0 Å². The summed E-state index contributed by atoms with van der Waals surface area (Å²) in [5.41, 5.74) is 3.01. The molecule has 0 saturated carbocycles. The highest BCUT2D eigenvalue weighted by Gasteiger charge is 2.21. The van der Waals surface area contributed by atoms with Gasteiger partial charge >= 0.3 is 6.03 Å². The van der Waals surface area contributed by atoms with E-state index in [2.05, 4.69) is 16.0 Å². The van der Waals surface area contributed by atoms with Crippen molar-refractivity contribution in [2.75, 3.05) is 6.54 Å². The van der Waals surface area contributed by atoms with E-state index in [1.165, 1.54) is 0 Å². The van der Waals surface area contributed by atoms with Crippen molar-refractivity contribution in [1.29, 1.82) is 5.26 Å². The van der Waals surface area contributed by atoms with E-state index in [0.717, 1.165) is 27.5 Å². The van der Waals surface area contributed by atoms with Crippen LogP contribution in [0.4, 0.5) is 4.79 Å². The molecule has 3 amide bonds. The van der Waals surface area contributed by atoms with Gasteiger partial charge in [-0.25, -0.2) is 4.79 Å². The zero-order valence-electron chi connectivity index (χ0n) is 16.8. The van der Waals surface area contributed by atoms with Gasteiger partial charge in [0.15, 0.2) is 0 Å². The first-order valence-electron chi connectivity index (χ1n) is 9.77. The molecule has 0 aliphatic heterocycles. The van der Waals surface area contributed by atoms with E-state index in [1.807, 2.05) is 79.7 Å². The van der Waals surface area contributed by atoms with E-state index in [9.17, 15) is 9.59 Å². The van der Waals surface area contributed by atoms with Crippen LogP contribution < -0.4 is 16.0 Å². The lowest BCUT2D eigenvalue weighted by Crippen LogP contribution is -2.51. The zero-order valence-corrected chi connectivity index (χ0v) is 16.8. The molecule has 0 saturated heterocycles. The van der Waals surface area contributed by atoms with Crippen molar-refractivity contribution in [2.24, 2.45) is 0 Å². The predicted octanol–water partition coefficient (Wildman–Crippen LogP) is 3.20. The van der Waals surface area contributed by atoms with Crippen LogP contribution in [0.2, 0.25) is 0 Å². The molecular formula is C24H24N4O2. The van der Waals surface area contributed by atoms with Gasteiger partial charge in [0.05, 0.1) is 6.07 Å². The number of nitrogens with zero attached hydrogens (tertiary/aromatic N) is 1. The van der Waals surface area contributed by atoms with Crippen molar-refractivity contribution < 1.29 is 9.59 Å². The number of carbonyl (C=O) groups excluding carboxylic acids is 2. The number of aryl methyl sites for hydroxylation is 1. The fourth-order valence-electron chi connectivity index (χ4n) is 3.27. The van der Waals surface area contributed by atoms with Crippen LogP contribution in [0.15, 0.2) is 66.7 Å². The third kappa shape index (κ3) is 5.82. The molecule has 0 bridgehead atoms. The molecule has 30 heavy (non-hydrogen) atoms. The van der Waals surface area contributed by atoms with Crippen LogP contribution in [-0.4, -0.2) is 24.5 Å².